The molecule has 0 saturated heterocycles. The Morgan fingerprint density at radius 2 is 1.88 bits per heavy atom. The number of amides is 1. The van der Waals surface area contributed by atoms with E-state index in [4.69, 9.17) is 0 Å². The van der Waals surface area contributed by atoms with Gasteiger partial charge in [-0.1, -0.05) is 12.1 Å². The molecule has 0 N–H and O–H groups in total. The lowest BCUT2D eigenvalue weighted by Gasteiger charge is -2.14. The number of rotatable bonds is 5. The first kappa shape index (κ1) is 22.5. The Morgan fingerprint density at radius 3 is 2.52 bits per heavy atom. The van der Waals surface area contributed by atoms with Gasteiger partial charge in [0.25, 0.3) is 5.91 Å². The molecular formula is C23H23F3N6O. The van der Waals surface area contributed by atoms with E-state index in [2.05, 4.69) is 15.2 Å². The highest BCUT2D eigenvalue weighted by atomic mass is 19.4. The van der Waals surface area contributed by atoms with Gasteiger partial charge >= 0.3 is 6.18 Å². The lowest BCUT2D eigenvalue weighted by molar-refractivity contribution is -0.142. The van der Waals surface area contributed by atoms with Crippen LogP contribution in [0.5, 0.6) is 0 Å². The molecule has 0 spiro atoms. The highest BCUT2D eigenvalue weighted by Crippen LogP contribution is 2.33. The van der Waals surface area contributed by atoms with E-state index < -0.39 is 17.8 Å². The fraction of sp³-hybridized carbons (Fsp3) is 0.304. The summed E-state index contributed by atoms with van der Waals surface area (Å²) in [6, 6.07) is 7.61. The van der Waals surface area contributed by atoms with Crippen molar-refractivity contribution in [2.24, 2.45) is 0 Å². The maximum Gasteiger partial charge on any atom is 0.433 e. The van der Waals surface area contributed by atoms with Crippen molar-refractivity contribution in [1.29, 1.82) is 0 Å². The van der Waals surface area contributed by atoms with Gasteiger partial charge in [0.1, 0.15) is 0 Å². The minimum Gasteiger partial charge on any atom is -0.336 e. The quantitative estimate of drug-likeness (QED) is 0.443. The molecule has 10 heteroatoms. The lowest BCUT2D eigenvalue weighted by Crippen LogP contribution is -2.26. The van der Waals surface area contributed by atoms with Crippen molar-refractivity contribution < 1.29 is 18.0 Å². The second-order valence-corrected chi connectivity index (χ2v) is 7.99. The molecule has 0 aliphatic heterocycles. The fourth-order valence-electron chi connectivity index (χ4n) is 3.53. The van der Waals surface area contributed by atoms with Gasteiger partial charge in [0.2, 0.25) is 0 Å². The van der Waals surface area contributed by atoms with Gasteiger partial charge in [-0.3, -0.25) is 9.48 Å². The number of nitrogens with zero attached hydrogens (tertiary/aromatic N) is 6. The molecule has 4 aromatic rings. The van der Waals surface area contributed by atoms with Crippen molar-refractivity contribution in [1.82, 2.24) is 29.3 Å². The number of aromatic nitrogens is 5. The van der Waals surface area contributed by atoms with Crippen LogP contribution < -0.4 is 0 Å². The third-order valence-corrected chi connectivity index (χ3v) is 5.52. The van der Waals surface area contributed by atoms with Gasteiger partial charge in [-0.25, -0.2) is 9.50 Å². The van der Waals surface area contributed by atoms with Crippen molar-refractivity contribution in [3.8, 4) is 11.3 Å². The van der Waals surface area contributed by atoms with Crippen molar-refractivity contribution in [2.45, 2.75) is 40.0 Å². The van der Waals surface area contributed by atoms with Crippen LogP contribution in [0.15, 0.2) is 42.7 Å². The molecule has 1 aromatic carbocycles. The smallest absolute Gasteiger partial charge is 0.336 e. The van der Waals surface area contributed by atoms with Gasteiger partial charge in [0, 0.05) is 43.5 Å². The summed E-state index contributed by atoms with van der Waals surface area (Å²) in [7, 11) is 1.56. The van der Waals surface area contributed by atoms with Crippen LogP contribution in [0.25, 0.3) is 16.9 Å². The minimum atomic E-state index is -4.68. The van der Waals surface area contributed by atoms with E-state index in [9.17, 15) is 18.0 Å². The average molecular weight is 456 g/mol. The number of carbonyl (C=O) groups excluding carboxylic acids is 1. The molecule has 3 aromatic heterocycles. The first-order valence-corrected chi connectivity index (χ1v) is 10.4. The summed E-state index contributed by atoms with van der Waals surface area (Å²) in [4.78, 5) is 18.7. The summed E-state index contributed by atoms with van der Waals surface area (Å²) < 4.78 is 44.0. The first-order chi connectivity index (χ1) is 15.6. The second kappa shape index (κ2) is 8.34. The van der Waals surface area contributed by atoms with Crippen molar-refractivity contribution in [2.75, 3.05) is 7.05 Å². The third-order valence-electron chi connectivity index (χ3n) is 5.52. The molecule has 0 radical (unpaired) electrons. The first-order valence-electron chi connectivity index (χ1n) is 10.4. The number of fused-ring (bicyclic) bond motifs is 1. The van der Waals surface area contributed by atoms with Crippen LogP contribution in [0, 0.1) is 13.8 Å². The Hall–Kier alpha value is -3.69. The molecule has 0 aliphatic rings. The topological polar surface area (TPSA) is 68.3 Å². The van der Waals surface area contributed by atoms with E-state index in [1.165, 1.54) is 11.0 Å². The molecule has 0 aliphatic carbocycles. The molecule has 0 atom stereocenters. The number of hydrogen-bond acceptors (Lipinski definition) is 4. The second-order valence-electron chi connectivity index (χ2n) is 7.99. The summed E-state index contributed by atoms with van der Waals surface area (Å²) in [5.41, 5.74) is 2.35. The van der Waals surface area contributed by atoms with Crippen LogP contribution >= 0.6 is 0 Å². The number of hydrogen-bond donors (Lipinski definition) is 0. The number of alkyl halides is 3. The van der Waals surface area contributed by atoms with Crippen LogP contribution in [-0.4, -0.2) is 42.2 Å². The van der Waals surface area contributed by atoms with E-state index in [-0.39, 0.29) is 23.6 Å². The Morgan fingerprint density at radius 1 is 1.12 bits per heavy atom. The van der Waals surface area contributed by atoms with Gasteiger partial charge < -0.3 is 4.90 Å². The molecule has 172 valence electrons. The fourth-order valence-corrected chi connectivity index (χ4v) is 3.53. The predicted molar refractivity (Wildman–Crippen MR) is 117 cm³/mol. The van der Waals surface area contributed by atoms with Gasteiger partial charge in [-0.2, -0.15) is 23.4 Å². The van der Waals surface area contributed by atoms with Crippen molar-refractivity contribution >= 4 is 11.6 Å². The lowest BCUT2D eigenvalue weighted by atomic mass is 10.0. The van der Waals surface area contributed by atoms with Crippen LogP contribution in [-0.2, 0) is 19.3 Å². The van der Waals surface area contributed by atoms with Crippen LogP contribution in [0.3, 0.4) is 0 Å². The normalized spacial score (nSPS) is 11.8. The molecule has 1 amide bonds. The molecule has 0 saturated carbocycles. The molecule has 3 heterocycles. The van der Waals surface area contributed by atoms with E-state index in [1.807, 2.05) is 33.0 Å². The standard InChI is InChI=1S/C23H23F3N6O/c1-5-31-13-16(11-27-31)12-30(4)22(33)19-10-21-28-18(17-7-6-14(2)15(3)8-17)9-20(23(24,25)26)32(21)29-19/h6-11,13H,5,12H2,1-4H3. The maximum absolute atomic E-state index is 13.9. The Labute approximate surface area is 188 Å². The molecule has 0 bridgehead atoms. The molecule has 0 fully saturated rings. The Kier molecular flexibility index (Phi) is 5.69. The van der Waals surface area contributed by atoms with Crippen LogP contribution in [0.2, 0.25) is 0 Å². The molecule has 7 nitrogen and oxygen atoms in total. The molecule has 0 unspecified atom stereocenters. The summed E-state index contributed by atoms with van der Waals surface area (Å²) in [6.07, 6.45) is -1.22. The highest BCUT2D eigenvalue weighted by Gasteiger charge is 2.36. The molecule has 4 rings (SSSR count). The van der Waals surface area contributed by atoms with Crippen LogP contribution in [0.1, 0.15) is 39.8 Å². The highest BCUT2D eigenvalue weighted by molar-refractivity contribution is 5.93. The van der Waals surface area contributed by atoms with Gasteiger partial charge in [0.15, 0.2) is 17.0 Å². The number of aryl methyl sites for hydroxylation is 3. The van der Waals surface area contributed by atoms with Crippen molar-refractivity contribution in [3.05, 3.63) is 70.8 Å². The Balaban J connectivity index is 1.73. The van der Waals surface area contributed by atoms with Gasteiger partial charge in [-0.15, -0.1) is 0 Å². The number of halogens is 3. The summed E-state index contributed by atoms with van der Waals surface area (Å²) in [6.45, 7) is 6.70. The van der Waals surface area contributed by atoms with Gasteiger partial charge in [-0.05, 0) is 44.0 Å². The van der Waals surface area contributed by atoms with Crippen LogP contribution in [0.4, 0.5) is 13.2 Å². The van der Waals surface area contributed by atoms with E-state index >= 15 is 0 Å². The van der Waals surface area contributed by atoms with Gasteiger partial charge in [0.05, 0.1) is 11.9 Å². The summed E-state index contributed by atoms with van der Waals surface area (Å²) >= 11 is 0. The zero-order chi connectivity index (χ0) is 23.9. The number of benzene rings is 1. The SMILES string of the molecule is CCn1cc(CN(C)C(=O)c2cc3nc(-c4ccc(C)c(C)c4)cc(C(F)(F)F)n3n2)cn1. The average Bonchev–Trinajstić information content (AvgIpc) is 3.40. The summed E-state index contributed by atoms with van der Waals surface area (Å²) in [5.74, 6) is -0.509. The van der Waals surface area contributed by atoms with E-state index in [0.717, 1.165) is 22.8 Å². The van der Waals surface area contributed by atoms with Crippen molar-refractivity contribution in [3.63, 3.8) is 0 Å². The minimum absolute atomic E-state index is 0.0476. The number of carbonyl (C=O) groups is 1. The third kappa shape index (κ3) is 4.46. The predicted octanol–water partition coefficient (Wildman–Crippen LogP) is 4.52. The maximum atomic E-state index is 13.9. The summed E-state index contributed by atoms with van der Waals surface area (Å²) in [5, 5.41) is 8.12. The molecular weight excluding hydrogens is 433 g/mol. The monoisotopic (exact) mass is 456 g/mol. The zero-order valence-corrected chi connectivity index (χ0v) is 18.7. The Bertz CT molecular complexity index is 1340. The van der Waals surface area contributed by atoms with E-state index in [0.29, 0.717) is 16.6 Å². The van der Waals surface area contributed by atoms with E-state index in [1.54, 1.807) is 30.1 Å². The largest absolute Gasteiger partial charge is 0.433 e. The zero-order valence-electron chi connectivity index (χ0n) is 18.7. The molecule has 33 heavy (non-hydrogen) atoms.